The third-order valence-corrected chi connectivity index (χ3v) is 11.6. The standard InChI is InChI=1S/C32H44O6Si/c1-32(2,3)39(29-15-9-5-10-16-29,30-17-11-6-12-18-30)38-26-24-36-22-20-34-19-21-35-23-25-37-31(27-33)28-13-7-4-8-14-28/h4-18,31,33H,19-27H2,1-3H3. The Kier molecular flexibility index (Phi) is 13.3. The van der Waals surface area contributed by atoms with Gasteiger partial charge in [-0.3, -0.25) is 0 Å². The van der Waals surface area contributed by atoms with E-state index in [0.717, 1.165) is 5.56 Å². The SMILES string of the molecule is CC(C)(C)[Si](OCCOCCOCCOCCOC(CO)c1ccccc1)(c1ccccc1)c1ccccc1. The van der Waals surface area contributed by atoms with Gasteiger partial charge in [-0.05, 0) is 21.0 Å². The van der Waals surface area contributed by atoms with Gasteiger partial charge in [-0.15, -0.1) is 0 Å². The zero-order valence-electron chi connectivity index (χ0n) is 23.6. The summed E-state index contributed by atoms with van der Waals surface area (Å²) in [4.78, 5) is 0. The van der Waals surface area contributed by atoms with Gasteiger partial charge in [0.05, 0.1) is 59.5 Å². The van der Waals surface area contributed by atoms with E-state index < -0.39 is 8.32 Å². The van der Waals surface area contributed by atoms with Gasteiger partial charge >= 0.3 is 0 Å². The van der Waals surface area contributed by atoms with Crippen LogP contribution in [0.1, 0.15) is 32.4 Å². The third-order valence-electron chi connectivity index (χ3n) is 6.59. The Balaban J connectivity index is 1.32. The monoisotopic (exact) mass is 552 g/mol. The van der Waals surface area contributed by atoms with Gasteiger partial charge < -0.3 is 28.5 Å². The molecule has 0 saturated heterocycles. The Hall–Kier alpha value is -2.36. The zero-order valence-corrected chi connectivity index (χ0v) is 24.6. The predicted molar refractivity (Wildman–Crippen MR) is 158 cm³/mol. The molecule has 0 aliphatic carbocycles. The molecular weight excluding hydrogens is 508 g/mol. The van der Waals surface area contributed by atoms with Gasteiger partial charge in [0.1, 0.15) is 6.10 Å². The number of hydrogen-bond donors (Lipinski definition) is 1. The number of benzene rings is 3. The number of ether oxygens (including phenoxy) is 4. The van der Waals surface area contributed by atoms with Gasteiger partial charge in [0.25, 0.3) is 8.32 Å². The van der Waals surface area contributed by atoms with Crippen LogP contribution in [-0.4, -0.2) is 72.9 Å². The number of rotatable bonds is 18. The molecule has 6 nitrogen and oxygen atoms in total. The lowest BCUT2D eigenvalue weighted by Gasteiger charge is -2.43. The van der Waals surface area contributed by atoms with Gasteiger partial charge in [0, 0.05) is 0 Å². The quantitative estimate of drug-likeness (QED) is 0.187. The second kappa shape index (κ2) is 16.7. The second-order valence-electron chi connectivity index (χ2n) is 10.3. The van der Waals surface area contributed by atoms with Crippen molar-refractivity contribution in [2.45, 2.75) is 31.9 Å². The highest BCUT2D eigenvalue weighted by molar-refractivity contribution is 6.99. The summed E-state index contributed by atoms with van der Waals surface area (Å²) in [6.07, 6.45) is -0.330. The topological polar surface area (TPSA) is 66.4 Å². The molecule has 212 valence electrons. The van der Waals surface area contributed by atoms with Gasteiger partial charge in [-0.1, -0.05) is 112 Å². The summed E-state index contributed by atoms with van der Waals surface area (Å²) in [6, 6.07) is 31.0. The highest BCUT2D eigenvalue weighted by atomic mass is 28.4. The van der Waals surface area contributed by atoms with Gasteiger partial charge in [-0.2, -0.15) is 0 Å². The van der Waals surface area contributed by atoms with Crippen molar-refractivity contribution < 1.29 is 28.5 Å². The maximum atomic E-state index is 9.53. The molecule has 0 spiro atoms. The summed E-state index contributed by atoms with van der Waals surface area (Å²) in [6.45, 7) is 10.6. The van der Waals surface area contributed by atoms with Crippen molar-refractivity contribution in [1.29, 1.82) is 0 Å². The van der Waals surface area contributed by atoms with E-state index in [2.05, 4.69) is 81.4 Å². The number of aliphatic hydroxyl groups excluding tert-OH is 1. The molecule has 39 heavy (non-hydrogen) atoms. The van der Waals surface area contributed by atoms with E-state index in [0.29, 0.717) is 52.9 Å². The molecule has 1 N–H and O–H groups in total. The minimum Gasteiger partial charge on any atom is -0.405 e. The lowest BCUT2D eigenvalue weighted by molar-refractivity contribution is -0.0341. The molecule has 3 aromatic carbocycles. The molecule has 0 aliphatic rings. The lowest BCUT2D eigenvalue weighted by atomic mass is 10.1. The van der Waals surface area contributed by atoms with Crippen LogP contribution in [-0.2, 0) is 23.4 Å². The van der Waals surface area contributed by atoms with Gasteiger partial charge in [0.15, 0.2) is 0 Å². The molecule has 0 aromatic heterocycles. The zero-order chi connectivity index (χ0) is 27.8. The molecule has 1 atom stereocenters. The first-order valence-corrected chi connectivity index (χ1v) is 15.7. The van der Waals surface area contributed by atoms with Crippen molar-refractivity contribution in [3.63, 3.8) is 0 Å². The molecule has 1 unspecified atom stereocenters. The molecule has 3 rings (SSSR count). The van der Waals surface area contributed by atoms with E-state index >= 15 is 0 Å². The Bertz CT molecular complexity index is 987. The molecule has 0 fully saturated rings. The van der Waals surface area contributed by atoms with Crippen LogP contribution in [0.4, 0.5) is 0 Å². The average Bonchev–Trinajstić information content (AvgIpc) is 2.96. The average molecular weight is 553 g/mol. The summed E-state index contributed by atoms with van der Waals surface area (Å²) >= 11 is 0. The van der Waals surface area contributed by atoms with E-state index in [-0.39, 0.29) is 17.7 Å². The predicted octanol–water partition coefficient (Wildman–Crippen LogP) is 4.36. The molecule has 0 radical (unpaired) electrons. The smallest absolute Gasteiger partial charge is 0.261 e. The maximum absolute atomic E-state index is 9.53. The van der Waals surface area contributed by atoms with Crippen molar-refractivity contribution in [2.24, 2.45) is 0 Å². The first-order chi connectivity index (χ1) is 19.0. The van der Waals surface area contributed by atoms with Crippen LogP contribution in [0.3, 0.4) is 0 Å². The van der Waals surface area contributed by atoms with Crippen molar-refractivity contribution in [3.8, 4) is 0 Å². The van der Waals surface area contributed by atoms with E-state index in [1.807, 2.05) is 30.3 Å². The Morgan fingerprint density at radius 3 is 1.44 bits per heavy atom. The van der Waals surface area contributed by atoms with Crippen molar-refractivity contribution >= 4 is 18.7 Å². The summed E-state index contributed by atoms with van der Waals surface area (Å²) in [5.74, 6) is 0. The molecule has 0 saturated carbocycles. The fourth-order valence-corrected chi connectivity index (χ4v) is 9.27. The maximum Gasteiger partial charge on any atom is 0.261 e. The van der Waals surface area contributed by atoms with Crippen LogP contribution in [0.25, 0.3) is 0 Å². The van der Waals surface area contributed by atoms with Crippen LogP contribution < -0.4 is 10.4 Å². The highest BCUT2D eigenvalue weighted by Gasteiger charge is 2.49. The number of aliphatic hydroxyl groups is 1. The normalized spacial score (nSPS) is 12.9. The summed E-state index contributed by atoms with van der Waals surface area (Å²) in [5.41, 5.74) is 0.959. The molecular formula is C32H44O6Si. The molecule has 0 heterocycles. The minimum absolute atomic E-state index is 0.0512. The molecule has 3 aromatic rings. The highest BCUT2D eigenvalue weighted by Crippen LogP contribution is 2.36. The van der Waals surface area contributed by atoms with E-state index in [9.17, 15) is 5.11 Å². The summed E-state index contributed by atoms with van der Waals surface area (Å²) in [7, 11) is -2.53. The Morgan fingerprint density at radius 2 is 1.00 bits per heavy atom. The van der Waals surface area contributed by atoms with Crippen LogP contribution in [0.5, 0.6) is 0 Å². The third kappa shape index (κ3) is 9.36. The van der Waals surface area contributed by atoms with Crippen molar-refractivity contribution in [1.82, 2.24) is 0 Å². The number of hydrogen-bond acceptors (Lipinski definition) is 6. The van der Waals surface area contributed by atoms with Gasteiger partial charge in [0.2, 0.25) is 0 Å². The van der Waals surface area contributed by atoms with Crippen LogP contribution in [0.2, 0.25) is 5.04 Å². The van der Waals surface area contributed by atoms with Crippen LogP contribution in [0, 0.1) is 0 Å². The molecule has 0 aliphatic heterocycles. The minimum atomic E-state index is -2.53. The van der Waals surface area contributed by atoms with Crippen molar-refractivity contribution in [3.05, 3.63) is 96.6 Å². The molecule has 0 amide bonds. The van der Waals surface area contributed by atoms with E-state index in [1.165, 1.54) is 10.4 Å². The lowest BCUT2D eigenvalue weighted by Crippen LogP contribution is -2.66. The van der Waals surface area contributed by atoms with Crippen LogP contribution >= 0.6 is 0 Å². The molecule has 7 heteroatoms. The Labute approximate surface area is 235 Å². The van der Waals surface area contributed by atoms with Gasteiger partial charge in [-0.25, -0.2) is 0 Å². The molecule has 0 bridgehead atoms. The van der Waals surface area contributed by atoms with E-state index in [1.54, 1.807) is 0 Å². The fraction of sp³-hybridized carbons (Fsp3) is 0.438. The second-order valence-corrected chi connectivity index (χ2v) is 14.6. The van der Waals surface area contributed by atoms with E-state index in [4.69, 9.17) is 23.4 Å². The first-order valence-electron chi connectivity index (χ1n) is 13.7. The first kappa shape index (κ1) is 31.2. The Morgan fingerprint density at radius 1 is 0.590 bits per heavy atom. The summed E-state index contributed by atoms with van der Waals surface area (Å²) < 4.78 is 29.6. The fourth-order valence-electron chi connectivity index (χ4n) is 4.73. The summed E-state index contributed by atoms with van der Waals surface area (Å²) in [5, 5.41) is 12.0. The van der Waals surface area contributed by atoms with Crippen LogP contribution in [0.15, 0.2) is 91.0 Å². The largest absolute Gasteiger partial charge is 0.405 e. The van der Waals surface area contributed by atoms with Crippen molar-refractivity contribution in [2.75, 3.05) is 59.5 Å².